The minimum Gasteiger partial charge on any atom is -0.507 e. The monoisotopic (exact) mass is 519 g/mol. The van der Waals surface area contributed by atoms with Crippen LogP contribution in [0.15, 0.2) is 70.6 Å². The fraction of sp³-hybridized carbons (Fsp3) is 0.423. The van der Waals surface area contributed by atoms with Crippen molar-refractivity contribution in [2.45, 2.75) is 56.8 Å². The molecule has 4 atom stereocenters. The van der Waals surface area contributed by atoms with E-state index in [0.29, 0.717) is 4.90 Å². The number of benzene rings is 1. The molecule has 6 nitrogen and oxygen atoms in total. The van der Waals surface area contributed by atoms with Crippen molar-refractivity contribution in [1.29, 1.82) is 0 Å². The maximum atomic E-state index is 13.9. The van der Waals surface area contributed by atoms with Crippen LogP contribution < -0.4 is 0 Å². The van der Waals surface area contributed by atoms with Crippen molar-refractivity contribution in [3.8, 4) is 0 Å². The lowest BCUT2D eigenvalue weighted by atomic mass is 9.87. The molecule has 2 N–H and O–H groups in total. The number of halogens is 3. The van der Waals surface area contributed by atoms with Crippen LogP contribution in [0.25, 0.3) is 0 Å². The maximum absolute atomic E-state index is 13.9. The second kappa shape index (κ2) is 8.71. The molecule has 36 heavy (non-hydrogen) atoms. The molecule has 0 bridgehead atoms. The van der Waals surface area contributed by atoms with E-state index in [2.05, 4.69) is 13.0 Å². The summed E-state index contributed by atoms with van der Waals surface area (Å²) in [7, 11) is 0. The van der Waals surface area contributed by atoms with Crippen LogP contribution in [0.4, 0.5) is 13.2 Å². The number of aliphatic hydroxyl groups is 2. The fourth-order valence-electron chi connectivity index (χ4n) is 5.14. The number of carbonyl (C=O) groups excluding carboxylic acids is 1. The quantitative estimate of drug-likeness (QED) is 0.564. The highest BCUT2D eigenvalue weighted by atomic mass is 32.2. The summed E-state index contributed by atoms with van der Waals surface area (Å²) in [4.78, 5) is 15.3. The van der Waals surface area contributed by atoms with Crippen molar-refractivity contribution in [1.82, 2.24) is 14.9 Å². The number of hydrogen-bond donors (Lipinski definition) is 2. The largest absolute Gasteiger partial charge is 0.507 e. The van der Waals surface area contributed by atoms with Crippen LogP contribution in [-0.2, 0) is 10.5 Å². The van der Waals surface area contributed by atoms with Gasteiger partial charge in [-0.1, -0.05) is 43.3 Å². The fourth-order valence-corrected chi connectivity index (χ4v) is 6.44. The van der Waals surface area contributed by atoms with Gasteiger partial charge in [-0.15, -0.1) is 11.8 Å². The Morgan fingerprint density at radius 3 is 2.69 bits per heavy atom. The van der Waals surface area contributed by atoms with Crippen molar-refractivity contribution in [3.05, 3.63) is 81.8 Å². The second-order valence-electron chi connectivity index (χ2n) is 9.83. The third-order valence-electron chi connectivity index (χ3n) is 7.30. The molecule has 1 saturated heterocycles. The molecule has 0 saturated carbocycles. The van der Waals surface area contributed by atoms with Crippen molar-refractivity contribution >= 4 is 17.7 Å². The summed E-state index contributed by atoms with van der Waals surface area (Å²) in [5.41, 5.74) is 0.666. The van der Waals surface area contributed by atoms with Crippen LogP contribution in [-0.4, -0.2) is 55.5 Å². The lowest BCUT2D eigenvalue weighted by Crippen LogP contribution is -2.63. The van der Waals surface area contributed by atoms with Gasteiger partial charge in [-0.05, 0) is 53.9 Å². The van der Waals surface area contributed by atoms with E-state index in [1.807, 2.05) is 30.3 Å². The summed E-state index contributed by atoms with van der Waals surface area (Å²) < 4.78 is 41.6. The number of amides is 1. The highest BCUT2D eigenvalue weighted by molar-refractivity contribution is 8.02. The molecule has 0 radical (unpaired) electrons. The summed E-state index contributed by atoms with van der Waals surface area (Å²) in [5.74, 6) is -0.713. The van der Waals surface area contributed by atoms with E-state index < -0.39 is 35.5 Å². The highest BCUT2D eigenvalue weighted by Gasteiger charge is 2.51. The number of hydrogen-bond acceptors (Lipinski definition) is 6. The Morgan fingerprint density at radius 1 is 1.25 bits per heavy atom. The molecule has 10 heteroatoms. The third kappa shape index (κ3) is 3.95. The molecular formula is C26H28F3N3O3S. The van der Waals surface area contributed by atoms with Crippen molar-refractivity contribution in [2.75, 3.05) is 6.67 Å². The van der Waals surface area contributed by atoms with E-state index >= 15 is 0 Å². The van der Waals surface area contributed by atoms with Gasteiger partial charge in [0, 0.05) is 12.0 Å². The zero-order valence-corrected chi connectivity index (χ0v) is 21.0. The Balaban J connectivity index is 1.73. The van der Waals surface area contributed by atoms with E-state index in [9.17, 15) is 28.2 Å². The summed E-state index contributed by atoms with van der Waals surface area (Å²) in [6.07, 6.45) is 3.08. The van der Waals surface area contributed by atoms with Crippen LogP contribution in [0.2, 0.25) is 0 Å². The topological polar surface area (TPSA) is 67.2 Å². The summed E-state index contributed by atoms with van der Waals surface area (Å²) >= 11 is 1.73. The third-order valence-corrected chi connectivity index (χ3v) is 8.70. The highest BCUT2D eigenvalue weighted by Crippen LogP contribution is 2.49. The zero-order valence-electron chi connectivity index (χ0n) is 20.2. The number of thioether (sulfide) groups is 1. The van der Waals surface area contributed by atoms with Gasteiger partial charge in [0.15, 0.2) is 11.5 Å². The van der Waals surface area contributed by atoms with Gasteiger partial charge in [0.25, 0.3) is 5.91 Å². The van der Waals surface area contributed by atoms with Crippen LogP contribution in [0.3, 0.4) is 0 Å². The van der Waals surface area contributed by atoms with Gasteiger partial charge < -0.3 is 15.1 Å². The normalized spacial score (nSPS) is 29.7. The Labute approximate surface area is 212 Å². The molecule has 192 valence electrons. The maximum Gasteiger partial charge on any atom is 0.408 e. The van der Waals surface area contributed by atoms with Gasteiger partial charge >= 0.3 is 6.18 Å². The molecule has 2 unspecified atom stereocenters. The zero-order chi connectivity index (χ0) is 26.0. The van der Waals surface area contributed by atoms with Gasteiger partial charge in [-0.25, -0.2) is 0 Å². The van der Waals surface area contributed by atoms with Crippen molar-refractivity contribution in [3.63, 3.8) is 0 Å². The number of rotatable bonds is 2. The number of alkyl halides is 3. The average Bonchev–Trinajstić information content (AvgIpc) is 2.98. The van der Waals surface area contributed by atoms with Gasteiger partial charge in [0.05, 0.1) is 12.7 Å². The number of nitrogens with zero attached hydrogens (tertiary/aromatic N) is 3. The summed E-state index contributed by atoms with van der Waals surface area (Å²) in [5, 5.41) is 24.6. The molecule has 1 fully saturated rings. The molecule has 1 aromatic carbocycles. The van der Waals surface area contributed by atoms with E-state index in [-0.39, 0.29) is 18.3 Å². The van der Waals surface area contributed by atoms with Crippen LogP contribution in [0, 0.1) is 5.92 Å². The van der Waals surface area contributed by atoms with Crippen LogP contribution in [0.1, 0.15) is 44.4 Å². The molecule has 3 heterocycles. The Hall–Kier alpha value is -2.69. The van der Waals surface area contributed by atoms with Crippen molar-refractivity contribution < 1.29 is 28.2 Å². The van der Waals surface area contributed by atoms with E-state index in [0.717, 1.165) is 40.7 Å². The predicted molar refractivity (Wildman–Crippen MR) is 131 cm³/mol. The first-order valence-corrected chi connectivity index (χ1v) is 12.8. The standard InChI is InChI=1S/C26H28F3N3O3S/c1-15-7-6-10-19-20(18-9-5-4-8-17(18)13-36-22(15)19)32-14-30(16(2)26(27,28)29)24(34)21-23(33)25(3,35)11-12-31(21)32/h4-6,8-12,15-16,20,33,35H,7,13-14H2,1-3H3/t15?,16-,20+,25?/m1/s1. The molecule has 0 spiro atoms. The molecule has 3 aliphatic heterocycles. The lowest BCUT2D eigenvalue weighted by Gasteiger charge is -2.51. The summed E-state index contributed by atoms with van der Waals surface area (Å²) in [6, 6.07) is 5.19. The predicted octanol–water partition coefficient (Wildman–Crippen LogP) is 5.14. The lowest BCUT2D eigenvalue weighted by molar-refractivity contribution is -0.204. The summed E-state index contributed by atoms with van der Waals surface area (Å²) in [6.45, 7) is 4.00. The number of aliphatic hydroxyl groups excluding tert-OH is 1. The molecule has 0 aromatic heterocycles. The minimum atomic E-state index is -4.67. The Morgan fingerprint density at radius 2 is 1.97 bits per heavy atom. The van der Waals surface area contributed by atoms with E-state index in [1.165, 1.54) is 24.2 Å². The molecule has 4 aliphatic rings. The number of carbonyl (C=O) groups is 1. The Kier molecular flexibility index (Phi) is 6.04. The van der Waals surface area contributed by atoms with Crippen molar-refractivity contribution in [2.24, 2.45) is 5.92 Å². The average molecular weight is 520 g/mol. The Bertz CT molecular complexity index is 1220. The first-order chi connectivity index (χ1) is 16.9. The van der Waals surface area contributed by atoms with Gasteiger partial charge in [0.1, 0.15) is 11.6 Å². The van der Waals surface area contributed by atoms with E-state index in [1.54, 1.807) is 16.8 Å². The van der Waals surface area contributed by atoms with E-state index in [4.69, 9.17) is 0 Å². The van der Waals surface area contributed by atoms with Crippen LogP contribution in [0.5, 0.6) is 0 Å². The molecule has 1 aliphatic carbocycles. The van der Waals surface area contributed by atoms with Gasteiger partial charge in [-0.3, -0.25) is 9.80 Å². The van der Waals surface area contributed by atoms with Gasteiger partial charge in [-0.2, -0.15) is 18.2 Å². The molecule has 1 aromatic rings. The SMILES string of the molecule is CC1CC=CC2=C1SCc1ccccc1[C@@H]2N1CN([C@H](C)C(F)(F)F)C(=O)C2=C(O)C(C)(O)C=CN21. The molecule has 5 rings (SSSR count). The van der Waals surface area contributed by atoms with Gasteiger partial charge in [0.2, 0.25) is 0 Å². The smallest absolute Gasteiger partial charge is 0.408 e. The molecule has 1 amide bonds. The number of allylic oxidation sites excluding steroid dienone is 2. The first-order valence-electron chi connectivity index (χ1n) is 11.8. The second-order valence-corrected chi connectivity index (χ2v) is 10.8. The number of hydrazine groups is 1. The minimum absolute atomic E-state index is 0.240. The number of fused-ring (bicyclic) bond motifs is 2. The first kappa shape index (κ1) is 25.0. The molecular weight excluding hydrogens is 491 g/mol. The van der Waals surface area contributed by atoms with Crippen LogP contribution >= 0.6 is 11.8 Å².